The van der Waals surface area contributed by atoms with Gasteiger partial charge in [0.25, 0.3) is 0 Å². The van der Waals surface area contributed by atoms with Crippen molar-refractivity contribution in [2.24, 2.45) is 0 Å². The molecular formula is C10H13N3O4. The molecular weight excluding hydrogens is 226 g/mol. The molecule has 0 aliphatic carbocycles. The molecule has 1 rings (SSSR count). The van der Waals surface area contributed by atoms with E-state index in [9.17, 15) is 14.9 Å². The Bertz CT molecular complexity index is 422. The highest BCUT2D eigenvalue weighted by Crippen LogP contribution is 2.23. The second kappa shape index (κ2) is 5.78. The number of nitrogens with zero attached hydrogens (tertiary/aromatic N) is 2. The minimum absolute atomic E-state index is 0.0873. The predicted octanol–water partition coefficient (Wildman–Crippen LogP) is 1.65. The number of carbonyl (C=O) groups is 1. The second-order valence-electron chi connectivity index (χ2n) is 3.50. The van der Waals surface area contributed by atoms with Crippen LogP contribution in [-0.4, -0.2) is 27.0 Å². The van der Waals surface area contributed by atoms with E-state index >= 15 is 0 Å². The fraction of sp³-hybridized carbons (Fsp3) is 0.400. The Hall–Kier alpha value is -2.18. The average Bonchev–Trinajstić information content (AvgIpc) is 2.28. The summed E-state index contributed by atoms with van der Waals surface area (Å²) in [6, 6.07) is 1.12. The molecule has 0 amide bonds. The fourth-order valence-corrected chi connectivity index (χ4v) is 1.38. The first-order valence-corrected chi connectivity index (χ1v) is 5.11. The van der Waals surface area contributed by atoms with Gasteiger partial charge in [-0.2, -0.15) is 0 Å². The number of pyridine rings is 1. The van der Waals surface area contributed by atoms with Gasteiger partial charge in [-0.1, -0.05) is 6.92 Å². The minimum atomic E-state index is -0.943. The summed E-state index contributed by atoms with van der Waals surface area (Å²) >= 11 is 0. The van der Waals surface area contributed by atoms with Crippen molar-refractivity contribution in [1.29, 1.82) is 0 Å². The molecule has 0 fully saturated rings. The lowest BCUT2D eigenvalue weighted by molar-refractivity contribution is -0.384. The Morgan fingerprint density at radius 3 is 2.94 bits per heavy atom. The Morgan fingerprint density at radius 2 is 2.41 bits per heavy atom. The Kier molecular flexibility index (Phi) is 4.38. The van der Waals surface area contributed by atoms with Crippen LogP contribution in [0.1, 0.15) is 19.8 Å². The van der Waals surface area contributed by atoms with Gasteiger partial charge in [-0.25, -0.2) is 0 Å². The maximum Gasteiger partial charge on any atom is 0.310 e. The third kappa shape index (κ3) is 3.71. The molecule has 7 heteroatoms. The van der Waals surface area contributed by atoms with E-state index in [0.717, 1.165) is 6.20 Å². The summed E-state index contributed by atoms with van der Waals surface area (Å²) < 4.78 is 0. The van der Waals surface area contributed by atoms with Crippen molar-refractivity contribution >= 4 is 17.3 Å². The van der Waals surface area contributed by atoms with Gasteiger partial charge in [0.2, 0.25) is 0 Å². The van der Waals surface area contributed by atoms with Gasteiger partial charge in [-0.05, 0) is 12.5 Å². The predicted molar refractivity (Wildman–Crippen MR) is 60.8 cm³/mol. The van der Waals surface area contributed by atoms with E-state index in [1.807, 2.05) is 6.92 Å². The Balaban J connectivity index is 2.85. The molecule has 0 saturated heterocycles. The number of aromatic nitrogens is 1. The smallest absolute Gasteiger partial charge is 0.310 e. The van der Waals surface area contributed by atoms with Gasteiger partial charge in [0, 0.05) is 12.2 Å². The monoisotopic (exact) mass is 239 g/mol. The molecule has 92 valence electrons. The van der Waals surface area contributed by atoms with Gasteiger partial charge in [0.1, 0.15) is 11.9 Å². The van der Waals surface area contributed by atoms with E-state index in [0.29, 0.717) is 6.42 Å². The molecule has 0 aromatic carbocycles. The molecule has 0 spiro atoms. The van der Waals surface area contributed by atoms with Crippen molar-refractivity contribution < 1.29 is 14.8 Å². The largest absolute Gasteiger partial charge is 0.481 e. The van der Waals surface area contributed by atoms with Crippen molar-refractivity contribution in [3.8, 4) is 0 Å². The zero-order chi connectivity index (χ0) is 12.8. The molecule has 17 heavy (non-hydrogen) atoms. The molecule has 0 aliphatic rings. The van der Waals surface area contributed by atoms with Crippen LogP contribution in [0.3, 0.4) is 0 Å². The van der Waals surface area contributed by atoms with E-state index in [4.69, 9.17) is 5.11 Å². The lowest BCUT2D eigenvalue weighted by Crippen LogP contribution is -2.22. The first kappa shape index (κ1) is 12.9. The number of rotatable bonds is 6. The molecule has 0 bridgehead atoms. The molecule has 2 N–H and O–H groups in total. The van der Waals surface area contributed by atoms with E-state index < -0.39 is 10.9 Å². The molecule has 1 aromatic heterocycles. The van der Waals surface area contributed by atoms with Gasteiger partial charge in [0.15, 0.2) is 0 Å². The maximum absolute atomic E-state index is 10.7. The third-order valence-electron chi connectivity index (χ3n) is 2.27. The van der Waals surface area contributed by atoms with E-state index in [2.05, 4.69) is 10.3 Å². The zero-order valence-corrected chi connectivity index (χ0v) is 9.29. The van der Waals surface area contributed by atoms with Crippen LogP contribution in [-0.2, 0) is 4.79 Å². The van der Waals surface area contributed by atoms with Crippen molar-refractivity contribution in [2.45, 2.75) is 25.8 Å². The molecule has 1 heterocycles. The molecule has 7 nitrogen and oxygen atoms in total. The average molecular weight is 239 g/mol. The van der Waals surface area contributed by atoms with Gasteiger partial charge < -0.3 is 10.4 Å². The van der Waals surface area contributed by atoms with E-state index in [-0.39, 0.29) is 23.8 Å². The summed E-state index contributed by atoms with van der Waals surface area (Å²) in [7, 11) is 0. The zero-order valence-electron chi connectivity index (χ0n) is 9.29. The number of anilines is 1. The van der Waals surface area contributed by atoms with Crippen LogP contribution in [0.2, 0.25) is 0 Å². The number of aliphatic carboxylic acids is 1. The molecule has 1 unspecified atom stereocenters. The van der Waals surface area contributed by atoms with Crippen LogP contribution in [0.5, 0.6) is 0 Å². The maximum atomic E-state index is 10.7. The van der Waals surface area contributed by atoms with Gasteiger partial charge in [-0.3, -0.25) is 19.9 Å². The molecule has 1 atom stereocenters. The highest BCUT2D eigenvalue weighted by molar-refractivity contribution is 5.69. The number of nitrogens with one attached hydrogen (secondary N) is 1. The van der Waals surface area contributed by atoms with Crippen molar-refractivity contribution in [3.05, 3.63) is 28.6 Å². The molecule has 0 radical (unpaired) electrons. The van der Waals surface area contributed by atoms with Gasteiger partial charge >= 0.3 is 11.7 Å². The quantitative estimate of drug-likeness (QED) is 0.577. The normalized spacial score (nSPS) is 11.8. The van der Waals surface area contributed by atoms with Crippen LogP contribution < -0.4 is 5.32 Å². The molecule has 0 aliphatic heterocycles. The first-order chi connectivity index (χ1) is 8.04. The second-order valence-corrected chi connectivity index (χ2v) is 3.50. The highest BCUT2D eigenvalue weighted by Gasteiger charge is 2.17. The molecule has 0 saturated carbocycles. The SMILES string of the molecule is CCC(CC(=O)O)Nc1ccncc1[N+](=O)[O-]. The number of carboxylic acids is 1. The fourth-order valence-electron chi connectivity index (χ4n) is 1.38. The summed E-state index contributed by atoms with van der Waals surface area (Å²) in [6.45, 7) is 1.81. The number of carboxylic acid groups (broad SMARTS) is 1. The van der Waals surface area contributed by atoms with E-state index in [1.54, 1.807) is 0 Å². The van der Waals surface area contributed by atoms with Crippen molar-refractivity contribution in [1.82, 2.24) is 4.98 Å². The minimum Gasteiger partial charge on any atom is -0.481 e. The van der Waals surface area contributed by atoms with Gasteiger partial charge in [-0.15, -0.1) is 0 Å². The van der Waals surface area contributed by atoms with Crippen LogP contribution in [0, 0.1) is 10.1 Å². The summed E-state index contributed by atoms with van der Waals surface area (Å²) in [5, 5.41) is 22.3. The van der Waals surface area contributed by atoms with E-state index in [1.165, 1.54) is 12.3 Å². The summed E-state index contributed by atoms with van der Waals surface area (Å²) in [4.78, 5) is 24.4. The Morgan fingerprint density at radius 1 is 1.71 bits per heavy atom. The van der Waals surface area contributed by atoms with Crippen LogP contribution in [0.4, 0.5) is 11.4 Å². The van der Waals surface area contributed by atoms with Crippen molar-refractivity contribution in [3.63, 3.8) is 0 Å². The lowest BCUT2D eigenvalue weighted by Gasteiger charge is -2.15. The standard InChI is InChI=1S/C10H13N3O4/c1-2-7(5-10(14)15)12-8-3-4-11-6-9(8)13(16)17/h3-4,6-7H,2,5H2,1H3,(H,11,12)(H,14,15). The topological polar surface area (TPSA) is 105 Å². The lowest BCUT2D eigenvalue weighted by atomic mass is 10.1. The van der Waals surface area contributed by atoms with Gasteiger partial charge in [0.05, 0.1) is 11.3 Å². The molecule has 1 aromatic rings. The van der Waals surface area contributed by atoms with Crippen LogP contribution in [0.25, 0.3) is 0 Å². The summed E-state index contributed by atoms with van der Waals surface area (Å²) in [5.74, 6) is -0.943. The summed E-state index contributed by atoms with van der Waals surface area (Å²) in [5.41, 5.74) is 0.134. The highest BCUT2D eigenvalue weighted by atomic mass is 16.6. The number of hydrogen-bond acceptors (Lipinski definition) is 5. The Labute approximate surface area is 97.6 Å². The number of nitro groups is 1. The summed E-state index contributed by atoms with van der Waals surface area (Å²) in [6.07, 6.45) is 3.03. The third-order valence-corrected chi connectivity index (χ3v) is 2.27. The van der Waals surface area contributed by atoms with Crippen LogP contribution >= 0.6 is 0 Å². The van der Waals surface area contributed by atoms with Crippen LogP contribution in [0.15, 0.2) is 18.5 Å². The first-order valence-electron chi connectivity index (χ1n) is 5.11. The van der Waals surface area contributed by atoms with Crippen molar-refractivity contribution in [2.75, 3.05) is 5.32 Å². The number of hydrogen-bond donors (Lipinski definition) is 2.